The molecule has 2 aromatic heterocycles. The summed E-state index contributed by atoms with van der Waals surface area (Å²) in [5, 5.41) is 9.94. The number of nitrogens with one attached hydrogen (secondary N) is 1. The summed E-state index contributed by atoms with van der Waals surface area (Å²) in [6.07, 6.45) is 2.64. The maximum atomic E-state index is 6.28. The summed E-state index contributed by atoms with van der Waals surface area (Å²) in [5.41, 5.74) is 9.75. The first-order valence-corrected chi connectivity index (χ1v) is 9.09. The lowest BCUT2D eigenvalue weighted by Gasteiger charge is -2.05. The van der Waals surface area contributed by atoms with Crippen LogP contribution in [-0.4, -0.2) is 15.2 Å². The Labute approximate surface area is 163 Å². The minimum Gasteiger partial charge on any atom is -1.00 e. The van der Waals surface area contributed by atoms with Gasteiger partial charge < -0.3 is 27.5 Å². The number of rotatable bonds is 6. The predicted octanol–water partition coefficient (Wildman–Crippen LogP) is 1.20. The van der Waals surface area contributed by atoms with E-state index in [4.69, 9.17) is 10.2 Å². The molecule has 0 spiro atoms. The second-order valence-corrected chi connectivity index (χ2v) is 6.78. The molecule has 4 aromatic rings. The van der Waals surface area contributed by atoms with Gasteiger partial charge in [-0.1, -0.05) is 60.3 Å². The number of hydrogen-bond donors (Lipinski definition) is 2. The van der Waals surface area contributed by atoms with Crippen LogP contribution < -0.4 is 18.1 Å². The summed E-state index contributed by atoms with van der Waals surface area (Å²) >= 11 is 1.52. The number of thioether (sulfide) groups is 1. The Morgan fingerprint density at radius 2 is 1.85 bits per heavy atom. The van der Waals surface area contributed by atoms with Gasteiger partial charge in [0.25, 0.3) is 5.22 Å². The van der Waals surface area contributed by atoms with Crippen molar-refractivity contribution in [2.24, 2.45) is 5.73 Å². The van der Waals surface area contributed by atoms with E-state index >= 15 is 0 Å². The molecule has 0 unspecified atom stereocenters. The molecule has 3 N–H and O–H groups in total. The van der Waals surface area contributed by atoms with Gasteiger partial charge in [-0.05, 0) is 23.6 Å². The highest BCUT2D eigenvalue weighted by Gasteiger charge is 2.17. The van der Waals surface area contributed by atoms with Crippen LogP contribution in [0.15, 0.2) is 70.4 Å². The fraction of sp³-hybridized carbons (Fsp3) is 0.158. The molecule has 4 rings (SSSR count). The van der Waals surface area contributed by atoms with Crippen LogP contribution in [0.3, 0.4) is 0 Å². The van der Waals surface area contributed by atoms with Gasteiger partial charge in [-0.15, -0.1) is 10.2 Å². The maximum Gasteiger partial charge on any atom is 1.00 e. The third-order valence-electron chi connectivity index (χ3n) is 4.06. The van der Waals surface area contributed by atoms with E-state index in [-0.39, 0.29) is 19.9 Å². The van der Waals surface area contributed by atoms with Crippen molar-refractivity contribution in [3.63, 3.8) is 0 Å². The fourth-order valence-electron chi connectivity index (χ4n) is 2.77. The lowest BCUT2D eigenvalue weighted by molar-refractivity contribution is -0.00000569. The van der Waals surface area contributed by atoms with Crippen LogP contribution >= 0.6 is 11.8 Å². The van der Waals surface area contributed by atoms with Crippen LogP contribution in [0.1, 0.15) is 24.5 Å². The number of nitrogens with two attached hydrogens (primary N) is 1. The summed E-state index contributed by atoms with van der Waals surface area (Å²) in [5.74, 6) is 1.26. The van der Waals surface area contributed by atoms with Gasteiger partial charge in [0, 0.05) is 22.9 Å². The minimum absolute atomic E-state index is 0. The standard InChI is InChI=1S/C19H18N4OS.ClH/c20-16(10-14-11-21-17-9-5-4-8-15(14)17)18-22-23-19(24-18)25-12-13-6-2-1-3-7-13;/h1-9,11,16,21H,10,12,20H2;1H/t16-;/m0./s1. The highest BCUT2D eigenvalue weighted by molar-refractivity contribution is 7.98. The van der Waals surface area contributed by atoms with E-state index in [9.17, 15) is 0 Å². The second kappa shape index (κ2) is 8.40. The lowest BCUT2D eigenvalue weighted by atomic mass is 10.1. The Kier molecular flexibility index (Phi) is 5.98. The first kappa shape index (κ1) is 18.5. The molecule has 2 aromatic carbocycles. The molecule has 1 atom stereocenters. The quantitative estimate of drug-likeness (QED) is 0.487. The van der Waals surface area contributed by atoms with E-state index in [1.165, 1.54) is 22.7 Å². The molecule has 0 aliphatic rings. The third kappa shape index (κ3) is 4.09. The molecular weight excluding hydrogens is 368 g/mol. The van der Waals surface area contributed by atoms with Crippen molar-refractivity contribution >= 4 is 22.7 Å². The Morgan fingerprint density at radius 1 is 1.08 bits per heavy atom. The van der Waals surface area contributed by atoms with Crippen LogP contribution in [0, 0.1) is 0 Å². The molecule has 0 amide bonds. The van der Waals surface area contributed by atoms with Gasteiger partial charge >= 0.3 is 1.43 Å². The van der Waals surface area contributed by atoms with Crippen LogP contribution in [-0.2, 0) is 12.2 Å². The van der Waals surface area contributed by atoms with E-state index in [1.807, 2.05) is 36.5 Å². The first-order chi connectivity index (χ1) is 12.3. The van der Waals surface area contributed by atoms with E-state index in [0.29, 0.717) is 17.5 Å². The molecule has 26 heavy (non-hydrogen) atoms. The number of fused-ring (bicyclic) bond motifs is 1. The highest BCUT2D eigenvalue weighted by atomic mass is 35.5. The number of hydrogen-bond acceptors (Lipinski definition) is 5. The third-order valence-corrected chi connectivity index (χ3v) is 4.95. The summed E-state index contributed by atoms with van der Waals surface area (Å²) in [7, 11) is 0. The molecule has 5 nitrogen and oxygen atoms in total. The first-order valence-electron chi connectivity index (χ1n) is 8.10. The number of H-pyrrole nitrogens is 1. The topological polar surface area (TPSA) is 80.7 Å². The Balaban J connectivity index is 0.00000131. The largest absolute Gasteiger partial charge is 1.00 e. The molecule has 2 heterocycles. The summed E-state index contributed by atoms with van der Waals surface area (Å²) < 4.78 is 5.73. The van der Waals surface area contributed by atoms with Gasteiger partial charge in [-0.25, -0.2) is 0 Å². The summed E-state index contributed by atoms with van der Waals surface area (Å²) in [6, 6.07) is 18.0. The maximum absolute atomic E-state index is 6.28. The zero-order valence-electron chi connectivity index (χ0n) is 14.9. The van der Waals surface area contributed by atoms with Crippen molar-refractivity contribution in [1.82, 2.24) is 15.2 Å². The van der Waals surface area contributed by atoms with Crippen LogP contribution in [0.5, 0.6) is 0 Å². The van der Waals surface area contributed by atoms with Crippen molar-refractivity contribution in [2.75, 3.05) is 0 Å². The smallest absolute Gasteiger partial charge is 1.00 e. The number of para-hydroxylation sites is 1. The highest BCUT2D eigenvalue weighted by Crippen LogP contribution is 2.26. The zero-order chi connectivity index (χ0) is 17.1. The van der Waals surface area contributed by atoms with Crippen molar-refractivity contribution < 1.29 is 18.3 Å². The van der Waals surface area contributed by atoms with E-state index in [2.05, 4.69) is 39.4 Å². The molecular formula is C19H19ClN4OS. The minimum atomic E-state index is -0.321. The van der Waals surface area contributed by atoms with Crippen molar-refractivity contribution in [3.8, 4) is 0 Å². The van der Waals surface area contributed by atoms with E-state index in [1.54, 1.807) is 0 Å². The van der Waals surface area contributed by atoms with E-state index in [0.717, 1.165) is 16.8 Å². The molecule has 0 radical (unpaired) electrons. The van der Waals surface area contributed by atoms with Gasteiger partial charge in [0.05, 0.1) is 6.04 Å². The number of nitrogens with zero attached hydrogens (tertiary/aromatic N) is 2. The number of halogens is 1. The summed E-state index contributed by atoms with van der Waals surface area (Å²) in [4.78, 5) is 3.26. The Bertz CT molecular complexity index is 976. The molecule has 134 valence electrons. The van der Waals surface area contributed by atoms with Crippen molar-refractivity contribution in [2.45, 2.75) is 23.4 Å². The molecule has 7 heteroatoms. The predicted molar refractivity (Wildman–Crippen MR) is 100 cm³/mol. The number of aromatic nitrogens is 3. The lowest BCUT2D eigenvalue weighted by Crippen LogP contribution is -3.00. The van der Waals surface area contributed by atoms with Gasteiger partial charge in [0.15, 0.2) is 0 Å². The SMILES string of the molecule is N[C@@H](Cc1c[nH]c2ccccc12)c1nnc(SCc2ccccc2)o1.[Cl-].[H+]. The second-order valence-electron chi connectivity index (χ2n) is 5.85. The van der Waals surface area contributed by atoms with Gasteiger partial charge in [0.1, 0.15) is 0 Å². The van der Waals surface area contributed by atoms with E-state index < -0.39 is 0 Å². The van der Waals surface area contributed by atoms with Gasteiger partial charge in [-0.3, -0.25) is 0 Å². The van der Waals surface area contributed by atoms with Gasteiger partial charge in [0.2, 0.25) is 5.89 Å². The molecule has 0 saturated heterocycles. The molecule has 0 fully saturated rings. The number of aromatic amines is 1. The van der Waals surface area contributed by atoms with Crippen molar-refractivity contribution in [3.05, 3.63) is 77.8 Å². The molecule has 0 aliphatic carbocycles. The molecule has 0 aliphatic heterocycles. The number of benzene rings is 2. The average Bonchev–Trinajstić information content (AvgIpc) is 3.29. The monoisotopic (exact) mass is 386 g/mol. The zero-order valence-corrected chi connectivity index (χ0v) is 15.5. The molecule has 0 saturated carbocycles. The molecule has 0 bridgehead atoms. The van der Waals surface area contributed by atoms with Crippen LogP contribution in [0.2, 0.25) is 0 Å². The van der Waals surface area contributed by atoms with Crippen LogP contribution in [0.25, 0.3) is 10.9 Å². The fourth-order valence-corrected chi connectivity index (χ4v) is 3.50. The normalized spacial score (nSPS) is 12.0. The average molecular weight is 387 g/mol. The Hall–Kier alpha value is -2.28. The van der Waals surface area contributed by atoms with Crippen molar-refractivity contribution in [1.29, 1.82) is 0 Å². The van der Waals surface area contributed by atoms with Gasteiger partial charge in [-0.2, -0.15) is 0 Å². The van der Waals surface area contributed by atoms with Crippen LogP contribution in [0.4, 0.5) is 0 Å². The summed E-state index contributed by atoms with van der Waals surface area (Å²) in [6.45, 7) is 0. The Morgan fingerprint density at radius 3 is 2.69 bits per heavy atom.